The second kappa shape index (κ2) is 8.67. The van der Waals surface area contributed by atoms with Crippen LogP contribution in [-0.4, -0.2) is 49.3 Å². The molecule has 0 radical (unpaired) electrons. The summed E-state index contributed by atoms with van der Waals surface area (Å²) in [6.45, 7) is 5.87. The van der Waals surface area contributed by atoms with Crippen molar-refractivity contribution in [1.29, 1.82) is 0 Å². The van der Waals surface area contributed by atoms with Gasteiger partial charge in [-0.25, -0.2) is 4.79 Å². The first-order chi connectivity index (χ1) is 12.6. The van der Waals surface area contributed by atoms with Gasteiger partial charge in [-0.05, 0) is 36.8 Å². The normalized spacial score (nSPS) is 15.4. The van der Waals surface area contributed by atoms with Gasteiger partial charge in [0.15, 0.2) is 0 Å². The van der Waals surface area contributed by atoms with Gasteiger partial charge >= 0.3 is 6.03 Å². The Morgan fingerprint density at radius 2 is 1.96 bits per heavy atom. The third-order valence-corrected chi connectivity index (χ3v) is 4.77. The molecule has 2 heterocycles. The number of carbonyl (C=O) groups is 1. The third kappa shape index (κ3) is 4.52. The van der Waals surface area contributed by atoms with Crippen LogP contribution in [0.25, 0.3) is 0 Å². The molecule has 0 spiro atoms. The zero-order chi connectivity index (χ0) is 18.4. The summed E-state index contributed by atoms with van der Waals surface area (Å²) in [4.78, 5) is 20.7. The van der Waals surface area contributed by atoms with Gasteiger partial charge in [0.2, 0.25) is 0 Å². The summed E-state index contributed by atoms with van der Waals surface area (Å²) >= 11 is 0. The SMILES string of the molecule is CC(c1ccccn1)N(C)C(=O)NCc1ccc(N2CCOCC2)cc1. The second-order valence-electron chi connectivity index (χ2n) is 6.47. The Hall–Kier alpha value is -2.60. The number of pyridine rings is 1. The maximum Gasteiger partial charge on any atom is 0.317 e. The number of carbonyl (C=O) groups excluding carboxylic acids is 1. The van der Waals surface area contributed by atoms with Crippen molar-refractivity contribution in [3.05, 3.63) is 59.9 Å². The van der Waals surface area contributed by atoms with E-state index in [2.05, 4.69) is 39.5 Å². The molecule has 2 aromatic rings. The fourth-order valence-corrected chi connectivity index (χ4v) is 2.95. The maximum absolute atomic E-state index is 12.4. The van der Waals surface area contributed by atoms with E-state index in [9.17, 15) is 4.79 Å². The zero-order valence-electron chi connectivity index (χ0n) is 15.4. The minimum atomic E-state index is -0.111. The molecule has 138 valence electrons. The van der Waals surface area contributed by atoms with Gasteiger partial charge < -0.3 is 19.9 Å². The molecule has 3 rings (SSSR count). The number of morpholine rings is 1. The van der Waals surface area contributed by atoms with Crippen LogP contribution in [-0.2, 0) is 11.3 Å². The number of rotatable bonds is 5. The molecule has 1 saturated heterocycles. The summed E-state index contributed by atoms with van der Waals surface area (Å²) in [5, 5.41) is 2.97. The molecule has 1 unspecified atom stereocenters. The quantitative estimate of drug-likeness (QED) is 0.897. The minimum Gasteiger partial charge on any atom is -0.378 e. The highest BCUT2D eigenvalue weighted by Crippen LogP contribution is 2.18. The molecule has 1 aliphatic heterocycles. The predicted molar refractivity (Wildman–Crippen MR) is 102 cm³/mol. The van der Waals surface area contributed by atoms with Gasteiger partial charge in [-0.1, -0.05) is 18.2 Å². The molecule has 2 amide bonds. The van der Waals surface area contributed by atoms with Crippen LogP contribution in [0.2, 0.25) is 0 Å². The average molecular weight is 354 g/mol. The van der Waals surface area contributed by atoms with Crippen LogP contribution in [0.1, 0.15) is 24.2 Å². The lowest BCUT2D eigenvalue weighted by Crippen LogP contribution is -2.38. The van der Waals surface area contributed by atoms with Crippen molar-refractivity contribution in [3.63, 3.8) is 0 Å². The number of anilines is 1. The first-order valence-corrected chi connectivity index (χ1v) is 8.98. The number of ether oxygens (including phenoxy) is 1. The van der Waals surface area contributed by atoms with Gasteiger partial charge in [0.25, 0.3) is 0 Å². The molecule has 1 aromatic carbocycles. The van der Waals surface area contributed by atoms with Crippen LogP contribution >= 0.6 is 0 Å². The zero-order valence-corrected chi connectivity index (χ0v) is 15.4. The van der Waals surface area contributed by atoms with Crippen molar-refractivity contribution in [2.24, 2.45) is 0 Å². The number of urea groups is 1. The molecule has 1 aromatic heterocycles. The van der Waals surface area contributed by atoms with E-state index in [1.165, 1.54) is 5.69 Å². The van der Waals surface area contributed by atoms with E-state index in [1.54, 1.807) is 18.1 Å². The predicted octanol–water partition coefficient (Wildman–Crippen LogP) is 2.82. The Bertz CT molecular complexity index is 700. The Labute approximate surface area is 154 Å². The molecule has 6 nitrogen and oxygen atoms in total. The standard InChI is InChI=1S/C20H26N4O2/c1-16(19-5-3-4-10-21-19)23(2)20(25)22-15-17-6-8-18(9-7-17)24-11-13-26-14-12-24/h3-10,16H,11-15H2,1-2H3,(H,22,25). The van der Waals surface area contributed by atoms with Crippen molar-refractivity contribution in [1.82, 2.24) is 15.2 Å². The summed E-state index contributed by atoms with van der Waals surface area (Å²) in [6.07, 6.45) is 1.74. The van der Waals surface area contributed by atoms with Crippen LogP contribution < -0.4 is 10.2 Å². The van der Waals surface area contributed by atoms with Gasteiger partial charge in [0, 0.05) is 38.6 Å². The van der Waals surface area contributed by atoms with Crippen molar-refractivity contribution in [2.45, 2.75) is 19.5 Å². The summed E-state index contributed by atoms with van der Waals surface area (Å²) in [6, 6.07) is 13.9. The summed E-state index contributed by atoms with van der Waals surface area (Å²) < 4.78 is 5.39. The summed E-state index contributed by atoms with van der Waals surface area (Å²) in [5.74, 6) is 0. The van der Waals surface area contributed by atoms with Gasteiger partial charge in [-0.3, -0.25) is 4.98 Å². The number of amides is 2. The number of nitrogens with one attached hydrogen (secondary N) is 1. The van der Waals surface area contributed by atoms with E-state index in [-0.39, 0.29) is 12.1 Å². The maximum atomic E-state index is 12.4. The molecule has 26 heavy (non-hydrogen) atoms. The molecule has 1 N–H and O–H groups in total. The lowest BCUT2D eigenvalue weighted by molar-refractivity contribution is 0.122. The molecule has 1 atom stereocenters. The smallest absolute Gasteiger partial charge is 0.317 e. The summed E-state index contributed by atoms with van der Waals surface area (Å²) in [5.41, 5.74) is 3.15. The van der Waals surface area contributed by atoms with Gasteiger partial charge in [0.05, 0.1) is 24.9 Å². The summed E-state index contributed by atoms with van der Waals surface area (Å²) in [7, 11) is 1.79. The number of aromatic nitrogens is 1. The molecule has 0 saturated carbocycles. The number of hydrogen-bond acceptors (Lipinski definition) is 4. The molecule has 6 heteroatoms. The van der Waals surface area contributed by atoms with Crippen molar-refractivity contribution in [3.8, 4) is 0 Å². The molecule has 0 bridgehead atoms. The van der Waals surface area contributed by atoms with Gasteiger partial charge in [-0.15, -0.1) is 0 Å². The highest BCUT2D eigenvalue weighted by Gasteiger charge is 2.18. The van der Waals surface area contributed by atoms with Crippen molar-refractivity contribution >= 4 is 11.7 Å². The number of benzene rings is 1. The lowest BCUT2D eigenvalue weighted by atomic mass is 10.2. The van der Waals surface area contributed by atoms with E-state index in [1.807, 2.05) is 25.1 Å². The van der Waals surface area contributed by atoms with E-state index >= 15 is 0 Å². The van der Waals surface area contributed by atoms with Crippen LogP contribution in [0.5, 0.6) is 0 Å². The van der Waals surface area contributed by atoms with Crippen LogP contribution in [0.4, 0.5) is 10.5 Å². The molecule has 1 aliphatic rings. The Morgan fingerprint density at radius 3 is 2.62 bits per heavy atom. The first kappa shape index (κ1) is 18.2. The second-order valence-corrected chi connectivity index (χ2v) is 6.47. The number of nitrogens with zero attached hydrogens (tertiary/aromatic N) is 3. The monoisotopic (exact) mass is 354 g/mol. The van der Waals surface area contributed by atoms with Gasteiger partial charge in [0.1, 0.15) is 0 Å². The van der Waals surface area contributed by atoms with E-state index in [4.69, 9.17) is 4.74 Å². The van der Waals surface area contributed by atoms with Crippen LogP contribution in [0, 0.1) is 0 Å². The fourth-order valence-electron chi connectivity index (χ4n) is 2.95. The topological polar surface area (TPSA) is 57.7 Å². The molecule has 1 fully saturated rings. The number of hydrogen-bond donors (Lipinski definition) is 1. The molecule has 0 aliphatic carbocycles. The molecular weight excluding hydrogens is 328 g/mol. The largest absolute Gasteiger partial charge is 0.378 e. The van der Waals surface area contributed by atoms with Crippen LogP contribution in [0.3, 0.4) is 0 Å². The van der Waals surface area contributed by atoms with E-state index < -0.39 is 0 Å². The minimum absolute atomic E-state index is 0.0834. The Kier molecular flexibility index (Phi) is 6.07. The Morgan fingerprint density at radius 1 is 1.23 bits per heavy atom. The average Bonchev–Trinajstić information content (AvgIpc) is 2.72. The van der Waals surface area contributed by atoms with Crippen LogP contribution in [0.15, 0.2) is 48.7 Å². The van der Waals surface area contributed by atoms with Crippen molar-refractivity contribution in [2.75, 3.05) is 38.3 Å². The first-order valence-electron chi connectivity index (χ1n) is 8.98. The fraction of sp³-hybridized carbons (Fsp3) is 0.400. The third-order valence-electron chi connectivity index (χ3n) is 4.77. The van der Waals surface area contributed by atoms with Gasteiger partial charge in [-0.2, -0.15) is 0 Å². The Balaban J connectivity index is 1.52. The highest BCUT2D eigenvalue weighted by atomic mass is 16.5. The van der Waals surface area contributed by atoms with E-state index in [0.717, 1.165) is 37.6 Å². The van der Waals surface area contributed by atoms with E-state index in [0.29, 0.717) is 6.54 Å². The highest BCUT2D eigenvalue weighted by molar-refractivity contribution is 5.74. The lowest BCUT2D eigenvalue weighted by Gasteiger charge is -2.29. The van der Waals surface area contributed by atoms with Crippen molar-refractivity contribution < 1.29 is 9.53 Å². The molecular formula is C20H26N4O2.